The molecule has 0 aliphatic rings. The molecule has 0 spiro atoms. The number of rotatable bonds is 4. The maximum atomic E-state index is 12.2. The molecule has 0 radical (unpaired) electrons. The molecule has 0 aromatic heterocycles. The SMILES string of the molecule is O=S(=O)(O)C(F)C(F)C(F)CF. The van der Waals surface area contributed by atoms with Crippen LogP contribution in [-0.2, 0) is 10.1 Å². The molecule has 0 amide bonds. The molecular weight excluding hydrogens is 204 g/mol. The minimum absolute atomic E-state index is 1.85. The van der Waals surface area contributed by atoms with E-state index in [1.165, 1.54) is 0 Å². The Morgan fingerprint density at radius 1 is 1.25 bits per heavy atom. The molecule has 0 aromatic rings. The molecule has 0 aliphatic heterocycles. The van der Waals surface area contributed by atoms with Gasteiger partial charge in [0, 0.05) is 0 Å². The molecule has 0 aromatic carbocycles. The minimum atomic E-state index is -5.31. The standard InChI is InChI=1S/C4H6F4O3S/c5-1-2(6)3(7)4(8)12(9,10)11/h2-4H,1H2,(H,9,10,11). The van der Waals surface area contributed by atoms with Gasteiger partial charge in [0.25, 0.3) is 5.50 Å². The maximum absolute atomic E-state index is 12.2. The quantitative estimate of drug-likeness (QED) is 0.552. The van der Waals surface area contributed by atoms with E-state index in [9.17, 15) is 26.0 Å². The van der Waals surface area contributed by atoms with E-state index in [1.54, 1.807) is 0 Å². The van der Waals surface area contributed by atoms with Gasteiger partial charge in [-0.1, -0.05) is 0 Å². The van der Waals surface area contributed by atoms with Gasteiger partial charge in [0.15, 0.2) is 12.3 Å². The summed E-state index contributed by atoms with van der Waals surface area (Å²) in [6, 6.07) is 0. The van der Waals surface area contributed by atoms with Gasteiger partial charge in [-0.15, -0.1) is 0 Å². The summed E-state index contributed by atoms with van der Waals surface area (Å²) in [5, 5.41) is 0. The fraction of sp³-hybridized carbons (Fsp3) is 1.00. The summed E-state index contributed by atoms with van der Waals surface area (Å²) in [5.41, 5.74) is -3.44. The van der Waals surface area contributed by atoms with Crippen molar-refractivity contribution in [1.82, 2.24) is 0 Å². The molecule has 0 rings (SSSR count). The maximum Gasteiger partial charge on any atom is 0.300 e. The fourth-order valence-electron chi connectivity index (χ4n) is 0.414. The zero-order valence-electron chi connectivity index (χ0n) is 5.62. The molecule has 0 saturated heterocycles. The minimum Gasteiger partial charge on any atom is -0.283 e. The second kappa shape index (κ2) is 4.04. The first kappa shape index (κ1) is 11.6. The highest BCUT2D eigenvalue weighted by Crippen LogP contribution is 2.16. The monoisotopic (exact) mass is 210 g/mol. The van der Waals surface area contributed by atoms with Crippen LogP contribution in [0.1, 0.15) is 0 Å². The third-order valence-corrected chi connectivity index (χ3v) is 1.86. The predicted octanol–water partition coefficient (Wildman–Crippen LogP) is 0.816. The second-order valence-corrected chi connectivity index (χ2v) is 3.46. The van der Waals surface area contributed by atoms with Crippen LogP contribution in [-0.4, -0.2) is 37.5 Å². The molecule has 8 heteroatoms. The highest BCUT2D eigenvalue weighted by Gasteiger charge is 2.38. The number of hydrogen-bond acceptors (Lipinski definition) is 2. The molecule has 3 unspecified atom stereocenters. The van der Waals surface area contributed by atoms with Crippen LogP contribution in [0.2, 0.25) is 0 Å². The fourth-order valence-corrected chi connectivity index (χ4v) is 0.913. The first-order valence-corrected chi connectivity index (χ1v) is 4.25. The molecule has 3 nitrogen and oxygen atoms in total. The van der Waals surface area contributed by atoms with Gasteiger partial charge in [-0.3, -0.25) is 4.55 Å². The van der Waals surface area contributed by atoms with Crippen molar-refractivity contribution in [2.45, 2.75) is 17.8 Å². The zero-order valence-corrected chi connectivity index (χ0v) is 6.44. The molecule has 3 atom stereocenters. The van der Waals surface area contributed by atoms with Crippen LogP contribution < -0.4 is 0 Å². The Balaban J connectivity index is 4.40. The van der Waals surface area contributed by atoms with Gasteiger partial charge in [0.1, 0.15) is 6.67 Å². The van der Waals surface area contributed by atoms with Crippen molar-refractivity contribution >= 4 is 10.1 Å². The van der Waals surface area contributed by atoms with Crippen LogP contribution in [0.3, 0.4) is 0 Å². The van der Waals surface area contributed by atoms with Gasteiger partial charge in [-0.05, 0) is 0 Å². The van der Waals surface area contributed by atoms with E-state index in [4.69, 9.17) is 4.55 Å². The number of hydrogen-bond donors (Lipinski definition) is 1. The molecule has 12 heavy (non-hydrogen) atoms. The van der Waals surface area contributed by atoms with Gasteiger partial charge in [0.05, 0.1) is 0 Å². The lowest BCUT2D eigenvalue weighted by Gasteiger charge is -2.12. The largest absolute Gasteiger partial charge is 0.300 e. The second-order valence-electron chi connectivity index (χ2n) is 1.98. The Labute approximate surface area is 66.1 Å². The third-order valence-electron chi connectivity index (χ3n) is 1.03. The van der Waals surface area contributed by atoms with Crippen LogP contribution in [0.25, 0.3) is 0 Å². The zero-order chi connectivity index (χ0) is 9.94. The lowest BCUT2D eigenvalue weighted by Crippen LogP contribution is -2.34. The van der Waals surface area contributed by atoms with Crippen molar-refractivity contribution < 1.29 is 30.5 Å². The molecule has 1 N–H and O–H groups in total. The summed E-state index contributed by atoms with van der Waals surface area (Å²) in [7, 11) is -5.31. The smallest absolute Gasteiger partial charge is 0.283 e. The first-order valence-electron chi connectivity index (χ1n) is 2.75. The summed E-state index contributed by atoms with van der Waals surface area (Å²) >= 11 is 0. The highest BCUT2D eigenvalue weighted by atomic mass is 32.2. The Bertz CT molecular complexity index is 228. The van der Waals surface area contributed by atoms with Crippen molar-refractivity contribution in [3.63, 3.8) is 0 Å². The topological polar surface area (TPSA) is 54.4 Å². The Morgan fingerprint density at radius 3 is 1.92 bits per heavy atom. The van der Waals surface area contributed by atoms with Gasteiger partial charge in [0.2, 0.25) is 0 Å². The predicted molar refractivity (Wildman–Crippen MR) is 32.2 cm³/mol. The van der Waals surface area contributed by atoms with Crippen LogP contribution >= 0.6 is 0 Å². The average Bonchev–Trinajstić information content (AvgIpc) is 1.98. The van der Waals surface area contributed by atoms with Crippen LogP contribution in [0, 0.1) is 0 Å². The van der Waals surface area contributed by atoms with Gasteiger partial charge >= 0.3 is 10.1 Å². The van der Waals surface area contributed by atoms with E-state index < -0.39 is 34.6 Å². The van der Waals surface area contributed by atoms with E-state index in [-0.39, 0.29) is 0 Å². The molecule has 0 bridgehead atoms. The van der Waals surface area contributed by atoms with Crippen LogP contribution in [0.5, 0.6) is 0 Å². The summed E-state index contributed by atoms with van der Waals surface area (Å²) in [6.07, 6.45) is -6.09. The first-order chi connectivity index (χ1) is 5.30. The Morgan fingerprint density at radius 2 is 1.67 bits per heavy atom. The lowest BCUT2D eigenvalue weighted by molar-refractivity contribution is 0.0948. The highest BCUT2D eigenvalue weighted by molar-refractivity contribution is 7.86. The van der Waals surface area contributed by atoms with Crippen LogP contribution in [0.4, 0.5) is 17.6 Å². The summed E-state index contributed by atoms with van der Waals surface area (Å²) in [6.45, 7) is -1.85. The van der Waals surface area contributed by atoms with Crippen molar-refractivity contribution in [2.75, 3.05) is 6.67 Å². The van der Waals surface area contributed by atoms with Gasteiger partial charge in [-0.2, -0.15) is 8.42 Å². The molecule has 0 heterocycles. The van der Waals surface area contributed by atoms with E-state index in [1.807, 2.05) is 0 Å². The van der Waals surface area contributed by atoms with E-state index in [2.05, 4.69) is 0 Å². The molecular formula is C4H6F4O3S. The van der Waals surface area contributed by atoms with Crippen molar-refractivity contribution in [3.8, 4) is 0 Å². The number of alkyl halides is 4. The van der Waals surface area contributed by atoms with E-state index in [0.29, 0.717) is 0 Å². The molecule has 0 aliphatic carbocycles. The summed E-state index contributed by atoms with van der Waals surface area (Å²) in [5.74, 6) is 0. The normalized spacial score (nSPS) is 20.1. The average molecular weight is 210 g/mol. The van der Waals surface area contributed by atoms with Gasteiger partial charge in [-0.25, -0.2) is 17.6 Å². The Hall–Kier alpha value is -0.370. The van der Waals surface area contributed by atoms with Crippen molar-refractivity contribution in [1.29, 1.82) is 0 Å². The summed E-state index contributed by atoms with van der Waals surface area (Å²) < 4.78 is 75.1. The number of halogens is 4. The van der Waals surface area contributed by atoms with E-state index in [0.717, 1.165) is 0 Å². The molecule has 0 fully saturated rings. The molecule has 74 valence electrons. The molecule has 0 saturated carbocycles. The Kier molecular flexibility index (Phi) is 3.91. The summed E-state index contributed by atoms with van der Waals surface area (Å²) in [4.78, 5) is 0. The van der Waals surface area contributed by atoms with E-state index >= 15 is 0 Å². The third kappa shape index (κ3) is 2.94. The van der Waals surface area contributed by atoms with Crippen molar-refractivity contribution in [2.24, 2.45) is 0 Å². The van der Waals surface area contributed by atoms with Gasteiger partial charge < -0.3 is 0 Å². The lowest BCUT2D eigenvalue weighted by atomic mass is 10.3. The van der Waals surface area contributed by atoms with Crippen LogP contribution in [0.15, 0.2) is 0 Å². The van der Waals surface area contributed by atoms with Crippen molar-refractivity contribution in [3.05, 3.63) is 0 Å².